The third-order valence-electron chi connectivity index (χ3n) is 4.14. The van der Waals surface area contributed by atoms with E-state index in [1.807, 2.05) is 0 Å². The van der Waals surface area contributed by atoms with Gasteiger partial charge in [-0.05, 0) is 58.7 Å². The molecule has 0 saturated carbocycles. The molecule has 3 rings (SSSR count). The number of halogens is 8. The van der Waals surface area contributed by atoms with Crippen molar-refractivity contribution >= 4 is 66.2 Å². The van der Waals surface area contributed by atoms with Crippen molar-refractivity contribution in [3.05, 3.63) is 67.0 Å². The Labute approximate surface area is 189 Å². The first-order valence-corrected chi connectivity index (χ1v) is 12.3. The Bertz CT molecular complexity index is 1310. The summed E-state index contributed by atoms with van der Waals surface area (Å²) in [7, 11) is -10.1. The zero-order valence-corrected chi connectivity index (χ0v) is 19.2. The van der Waals surface area contributed by atoms with Gasteiger partial charge < -0.3 is 4.98 Å². The molecule has 1 N–H and O–H groups in total. The van der Waals surface area contributed by atoms with E-state index in [1.54, 1.807) is 0 Å². The molecule has 3 aromatic rings. The molecule has 1 heterocycles. The highest BCUT2D eigenvalue weighted by molar-refractivity contribution is 9.10. The number of aromatic nitrogens is 1. The van der Waals surface area contributed by atoms with Gasteiger partial charge in [-0.2, -0.15) is 0 Å². The quantitative estimate of drug-likeness (QED) is 0.192. The van der Waals surface area contributed by atoms with Crippen LogP contribution >= 0.6 is 49.5 Å². The number of fused-ring (bicyclic) bond motifs is 1. The maximum absolute atomic E-state index is 13.6. The molecule has 168 valence electrons. The van der Waals surface area contributed by atoms with Crippen LogP contribution in [0.2, 0.25) is 5.02 Å². The Hall–Kier alpha value is -1.63. The van der Waals surface area contributed by atoms with Crippen molar-refractivity contribution in [1.82, 2.24) is 4.98 Å². The van der Waals surface area contributed by atoms with Crippen molar-refractivity contribution < 1.29 is 28.6 Å². The smallest absolute Gasteiger partial charge is 0.310 e. The van der Waals surface area contributed by atoms with Gasteiger partial charge in [-0.25, -0.2) is 4.39 Å². The summed E-state index contributed by atoms with van der Waals surface area (Å²) in [6, 6.07) is 3.52. The Kier molecular flexibility index (Phi) is 5.57. The van der Waals surface area contributed by atoms with Crippen molar-refractivity contribution in [3.63, 3.8) is 0 Å². The number of Topliss-reactive ketones (excluding diaryl/α,β-unsaturated/α-hetero) is 1. The summed E-state index contributed by atoms with van der Waals surface area (Å²) in [6.07, 6.45) is 0. The van der Waals surface area contributed by atoms with Gasteiger partial charge in [0, 0.05) is 10.2 Å². The molecule has 0 aliphatic rings. The predicted octanol–water partition coefficient (Wildman–Crippen LogP) is 8.24. The molecule has 0 atom stereocenters. The molecule has 0 radical (unpaired) electrons. The topological polar surface area (TPSA) is 49.9 Å². The fourth-order valence-corrected chi connectivity index (χ4v) is 5.23. The second kappa shape index (κ2) is 7.19. The van der Waals surface area contributed by atoms with Crippen LogP contribution in [0.1, 0.15) is 22.8 Å². The summed E-state index contributed by atoms with van der Waals surface area (Å²) in [4.78, 5) is 25.4. The SMILES string of the molecule is CC(=O)c1c(SCc2cc(F)cc(S(F)(F)(F)(F)F)c2)[nH]c2c(Br)ccc(Cl)c2c1=O. The zero-order chi connectivity index (χ0) is 23.4. The lowest BCUT2D eigenvalue weighted by Crippen LogP contribution is -2.17. The van der Waals surface area contributed by atoms with Gasteiger partial charge in [0.25, 0.3) is 0 Å². The minimum absolute atomic E-state index is 0.0221. The van der Waals surface area contributed by atoms with Crippen LogP contribution in [-0.2, 0) is 5.75 Å². The van der Waals surface area contributed by atoms with Gasteiger partial charge in [0.1, 0.15) is 10.7 Å². The number of carbonyl (C=O) groups is 1. The molecule has 1 aromatic heterocycles. The van der Waals surface area contributed by atoms with Crippen molar-refractivity contribution in [2.24, 2.45) is 0 Å². The van der Waals surface area contributed by atoms with Crippen LogP contribution in [0.4, 0.5) is 23.8 Å². The van der Waals surface area contributed by atoms with E-state index in [9.17, 15) is 33.4 Å². The Balaban J connectivity index is 2.11. The van der Waals surface area contributed by atoms with E-state index in [0.717, 1.165) is 6.92 Å². The van der Waals surface area contributed by atoms with E-state index >= 15 is 0 Å². The number of hydrogen-bond donors (Lipinski definition) is 1. The molecule has 0 aliphatic heterocycles. The highest BCUT2D eigenvalue weighted by atomic mass is 79.9. The zero-order valence-electron chi connectivity index (χ0n) is 15.3. The number of hydrogen-bond acceptors (Lipinski definition) is 3. The number of ketones is 1. The molecule has 0 unspecified atom stereocenters. The van der Waals surface area contributed by atoms with Gasteiger partial charge in [0.2, 0.25) is 5.43 Å². The maximum atomic E-state index is 13.6. The molecule has 0 amide bonds. The Morgan fingerprint density at radius 2 is 1.81 bits per heavy atom. The van der Waals surface area contributed by atoms with E-state index < -0.39 is 43.5 Å². The average molecular weight is 567 g/mol. The van der Waals surface area contributed by atoms with Crippen molar-refractivity contribution in [1.29, 1.82) is 0 Å². The number of nitrogens with one attached hydrogen (secondary N) is 1. The van der Waals surface area contributed by atoms with Gasteiger partial charge in [-0.3, -0.25) is 9.59 Å². The van der Waals surface area contributed by atoms with Crippen LogP contribution in [-0.4, -0.2) is 10.8 Å². The Morgan fingerprint density at radius 1 is 1.16 bits per heavy atom. The molecule has 31 heavy (non-hydrogen) atoms. The number of pyridine rings is 1. The minimum Gasteiger partial charge on any atom is -0.348 e. The second-order valence-electron chi connectivity index (χ2n) is 6.55. The largest absolute Gasteiger partial charge is 0.348 e. The molecule has 0 saturated heterocycles. The lowest BCUT2D eigenvalue weighted by Gasteiger charge is -2.40. The summed E-state index contributed by atoms with van der Waals surface area (Å²) < 4.78 is 79.4. The second-order valence-corrected chi connectivity index (χ2v) is 11.2. The van der Waals surface area contributed by atoms with Crippen LogP contribution in [0.25, 0.3) is 10.9 Å². The predicted molar refractivity (Wildman–Crippen MR) is 115 cm³/mol. The van der Waals surface area contributed by atoms with E-state index in [-0.39, 0.29) is 38.6 Å². The van der Waals surface area contributed by atoms with Crippen molar-refractivity contribution in [3.8, 4) is 0 Å². The summed E-state index contributed by atoms with van der Waals surface area (Å²) in [5, 5.41) is 0.0785. The van der Waals surface area contributed by atoms with Gasteiger partial charge in [-0.15, -0.1) is 11.8 Å². The summed E-state index contributed by atoms with van der Waals surface area (Å²) in [6.45, 7) is 1.11. The van der Waals surface area contributed by atoms with Gasteiger partial charge in [0.05, 0.1) is 26.5 Å². The first-order valence-electron chi connectivity index (χ1n) is 8.19. The van der Waals surface area contributed by atoms with E-state index in [2.05, 4.69) is 20.9 Å². The first kappa shape index (κ1) is 24.0. The number of rotatable bonds is 5. The maximum Gasteiger partial charge on any atom is 0.310 e. The van der Waals surface area contributed by atoms with E-state index in [1.165, 1.54) is 12.1 Å². The molecule has 3 nitrogen and oxygen atoms in total. The molecular weight excluding hydrogens is 556 g/mol. The number of thioether (sulfide) groups is 1. The molecule has 0 spiro atoms. The lowest BCUT2D eigenvalue weighted by molar-refractivity contribution is 0.101. The highest BCUT2D eigenvalue weighted by Crippen LogP contribution is 3.02. The third kappa shape index (κ3) is 5.07. The first-order chi connectivity index (χ1) is 14.0. The number of H-pyrrole nitrogens is 1. The minimum atomic E-state index is -10.1. The molecule has 13 heteroatoms. The van der Waals surface area contributed by atoms with Crippen LogP contribution in [0.5, 0.6) is 0 Å². The normalized spacial score (nSPS) is 14.4. The fourth-order valence-electron chi connectivity index (χ4n) is 2.81. The van der Waals surface area contributed by atoms with Gasteiger partial charge in [-0.1, -0.05) is 31.0 Å². The Morgan fingerprint density at radius 3 is 2.39 bits per heavy atom. The van der Waals surface area contributed by atoms with Crippen molar-refractivity contribution in [2.45, 2.75) is 22.6 Å². The third-order valence-corrected chi connectivity index (χ3v) is 7.31. The summed E-state index contributed by atoms with van der Waals surface area (Å²) in [5.41, 5.74) is -1.19. The fraction of sp³-hybridized carbons (Fsp3) is 0.111. The van der Waals surface area contributed by atoms with Crippen LogP contribution in [0, 0.1) is 5.82 Å². The van der Waals surface area contributed by atoms with Crippen LogP contribution in [0.15, 0.2) is 49.5 Å². The number of carbonyl (C=O) groups excluding carboxylic acids is 1. The summed E-state index contributed by atoms with van der Waals surface area (Å²) in [5.74, 6) is -2.57. The molecule has 0 aliphatic carbocycles. The number of benzene rings is 2. The monoisotopic (exact) mass is 565 g/mol. The number of aromatic amines is 1. The molecular formula is C18H11BrClF6NO2S2. The van der Waals surface area contributed by atoms with E-state index in [4.69, 9.17) is 11.6 Å². The highest BCUT2D eigenvalue weighted by Gasteiger charge is 2.65. The van der Waals surface area contributed by atoms with Crippen LogP contribution in [0.3, 0.4) is 0 Å². The van der Waals surface area contributed by atoms with Crippen LogP contribution < -0.4 is 5.43 Å². The van der Waals surface area contributed by atoms with Gasteiger partial charge in [0.15, 0.2) is 5.78 Å². The van der Waals surface area contributed by atoms with Crippen molar-refractivity contribution in [2.75, 3.05) is 0 Å². The molecule has 0 fully saturated rings. The van der Waals surface area contributed by atoms with E-state index in [0.29, 0.717) is 22.3 Å². The standard InChI is InChI=1S/C18H11BrClF6NO2S2/c1-8(28)14-17(29)15-13(20)3-2-12(19)16(15)27-18(14)30-7-9-4-10(21)6-11(5-9)31(22,23,24,25)26/h2-6H,7H2,1H3,(H,27,29). The average Bonchev–Trinajstić information content (AvgIpc) is 2.60. The molecule has 0 bridgehead atoms. The summed E-state index contributed by atoms with van der Waals surface area (Å²) >= 11 is 9.99. The van der Waals surface area contributed by atoms with Gasteiger partial charge >= 0.3 is 10.2 Å². The lowest BCUT2D eigenvalue weighted by atomic mass is 10.1. The molecule has 2 aromatic carbocycles.